The average Bonchev–Trinajstić information content (AvgIpc) is 3.13. The van der Waals surface area contributed by atoms with Gasteiger partial charge in [0.1, 0.15) is 17.2 Å². The molecule has 0 radical (unpaired) electrons. The molecule has 0 aliphatic carbocycles. The number of methoxy groups -OCH3 is 2. The minimum atomic E-state index is -1.15. The number of fused-ring (bicyclic) bond motifs is 1. The molecule has 27 heavy (non-hydrogen) atoms. The number of aliphatic carboxylic acids is 1. The van der Waals surface area contributed by atoms with Gasteiger partial charge < -0.3 is 24.6 Å². The Balaban J connectivity index is 1.80. The second-order valence-corrected chi connectivity index (χ2v) is 6.12. The molecule has 1 unspecified atom stereocenters. The molecule has 0 aromatic heterocycles. The van der Waals surface area contributed by atoms with E-state index in [0.29, 0.717) is 29.2 Å². The molecule has 142 valence electrons. The van der Waals surface area contributed by atoms with Gasteiger partial charge in [0.25, 0.3) is 0 Å². The second-order valence-electron chi connectivity index (χ2n) is 6.12. The van der Waals surface area contributed by atoms with Crippen LogP contribution in [0.1, 0.15) is 22.7 Å². The van der Waals surface area contributed by atoms with E-state index in [4.69, 9.17) is 14.2 Å². The fourth-order valence-electron chi connectivity index (χ4n) is 3.15. The van der Waals surface area contributed by atoms with Crippen LogP contribution >= 0.6 is 0 Å². The molecular weight excluding hydrogens is 350 g/mol. The van der Waals surface area contributed by atoms with Gasteiger partial charge in [-0.3, -0.25) is 4.79 Å². The number of benzene rings is 2. The van der Waals surface area contributed by atoms with Crippen molar-refractivity contribution < 1.29 is 28.9 Å². The van der Waals surface area contributed by atoms with Gasteiger partial charge in [-0.1, -0.05) is 12.1 Å². The smallest absolute Gasteiger partial charge is 0.330 e. The summed E-state index contributed by atoms with van der Waals surface area (Å²) in [5, 5.41) is 12.2. The fraction of sp³-hybridized carbons (Fsp3) is 0.300. The summed E-state index contributed by atoms with van der Waals surface area (Å²) in [6.07, 6.45) is 0.660. The summed E-state index contributed by atoms with van der Waals surface area (Å²) in [5.41, 5.74) is 2.01. The zero-order valence-corrected chi connectivity index (χ0v) is 15.2. The Morgan fingerprint density at radius 1 is 1.19 bits per heavy atom. The van der Waals surface area contributed by atoms with Crippen LogP contribution in [0.3, 0.4) is 0 Å². The Labute approximate surface area is 156 Å². The summed E-state index contributed by atoms with van der Waals surface area (Å²) >= 11 is 0. The summed E-state index contributed by atoms with van der Waals surface area (Å²) < 4.78 is 16.0. The average molecular weight is 371 g/mol. The van der Waals surface area contributed by atoms with Crippen molar-refractivity contribution in [1.82, 2.24) is 5.32 Å². The van der Waals surface area contributed by atoms with Gasteiger partial charge in [0.2, 0.25) is 5.91 Å². The van der Waals surface area contributed by atoms with E-state index >= 15 is 0 Å². The standard InChI is InChI=1S/C20H21NO6/c1-25-16-4-3-5-17(26-2)14(16)11-18(22)21-19(20(23)24)13-6-7-15-12(10-13)8-9-27-15/h3-7,10,19H,8-9,11H2,1-2H3,(H,21,22)(H,23,24). The van der Waals surface area contributed by atoms with Gasteiger partial charge in [0, 0.05) is 12.0 Å². The van der Waals surface area contributed by atoms with Crippen LogP contribution in [-0.4, -0.2) is 37.8 Å². The summed E-state index contributed by atoms with van der Waals surface area (Å²) in [7, 11) is 3.01. The van der Waals surface area contributed by atoms with Crippen LogP contribution in [-0.2, 0) is 22.4 Å². The fourth-order valence-corrected chi connectivity index (χ4v) is 3.15. The van der Waals surface area contributed by atoms with Crippen molar-refractivity contribution in [3.8, 4) is 17.2 Å². The maximum atomic E-state index is 12.6. The van der Waals surface area contributed by atoms with Crippen molar-refractivity contribution >= 4 is 11.9 Å². The molecule has 1 aliphatic rings. The van der Waals surface area contributed by atoms with Crippen LogP contribution in [0, 0.1) is 0 Å². The molecular formula is C20H21NO6. The molecule has 7 heteroatoms. The van der Waals surface area contributed by atoms with Crippen molar-refractivity contribution in [2.24, 2.45) is 0 Å². The summed E-state index contributed by atoms with van der Waals surface area (Å²) in [4.78, 5) is 24.3. The molecule has 1 atom stereocenters. The Morgan fingerprint density at radius 2 is 1.89 bits per heavy atom. The summed E-state index contributed by atoms with van der Waals surface area (Å²) in [6.45, 7) is 0.580. The number of ether oxygens (including phenoxy) is 3. The number of hydrogen-bond donors (Lipinski definition) is 2. The highest BCUT2D eigenvalue weighted by Crippen LogP contribution is 2.30. The number of amides is 1. The highest BCUT2D eigenvalue weighted by Gasteiger charge is 2.25. The topological polar surface area (TPSA) is 94.1 Å². The van der Waals surface area contributed by atoms with Gasteiger partial charge in [-0.2, -0.15) is 0 Å². The molecule has 1 aliphatic heterocycles. The van der Waals surface area contributed by atoms with E-state index in [-0.39, 0.29) is 6.42 Å². The Bertz CT molecular complexity index is 841. The lowest BCUT2D eigenvalue weighted by Gasteiger charge is -2.17. The third-order valence-corrected chi connectivity index (χ3v) is 4.47. The van der Waals surface area contributed by atoms with Crippen molar-refractivity contribution in [3.05, 3.63) is 53.1 Å². The number of hydrogen-bond acceptors (Lipinski definition) is 5. The number of carbonyl (C=O) groups is 2. The monoisotopic (exact) mass is 371 g/mol. The van der Waals surface area contributed by atoms with Crippen molar-refractivity contribution in [3.63, 3.8) is 0 Å². The Morgan fingerprint density at radius 3 is 2.52 bits per heavy atom. The molecule has 3 rings (SSSR count). The minimum absolute atomic E-state index is 0.0645. The van der Waals surface area contributed by atoms with Crippen LogP contribution in [0.5, 0.6) is 17.2 Å². The van der Waals surface area contributed by atoms with Gasteiger partial charge in [-0.05, 0) is 35.4 Å². The largest absolute Gasteiger partial charge is 0.496 e. The number of rotatable bonds is 7. The lowest BCUT2D eigenvalue weighted by Crippen LogP contribution is -2.34. The number of nitrogens with one attached hydrogen (secondary N) is 1. The number of carboxylic acids is 1. The highest BCUT2D eigenvalue weighted by atomic mass is 16.5. The SMILES string of the molecule is COc1cccc(OC)c1CC(=O)NC(C(=O)O)c1ccc2c(c1)CCO2. The first-order chi connectivity index (χ1) is 13.0. The van der Waals surface area contributed by atoms with Crippen molar-refractivity contribution in [1.29, 1.82) is 0 Å². The van der Waals surface area contributed by atoms with Crippen molar-refractivity contribution in [2.75, 3.05) is 20.8 Å². The number of carboxylic acid groups (broad SMARTS) is 1. The predicted octanol–water partition coefficient (Wildman–Crippen LogP) is 2.12. The maximum absolute atomic E-state index is 12.6. The number of carbonyl (C=O) groups excluding carboxylic acids is 1. The maximum Gasteiger partial charge on any atom is 0.330 e. The molecule has 0 bridgehead atoms. The second kappa shape index (κ2) is 7.99. The molecule has 0 saturated heterocycles. The quantitative estimate of drug-likeness (QED) is 0.774. The van der Waals surface area contributed by atoms with Gasteiger partial charge in [0.05, 0.1) is 27.2 Å². The van der Waals surface area contributed by atoms with E-state index < -0.39 is 17.9 Å². The Hall–Kier alpha value is -3.22. The highest BCUT2D eigenvalue weighted by molar-refractivity contribution is 5.86. The van der Waals surface area contributed by atoms with Gasteiger partial charge >= 0.3 is 5.97 Å². The summed E-state index contributed by atoms with van der Waals surface area (Å²) in [6, 6.07) is 9.22. The van der Waals surface area contributed by atoms with Gasteiger partial charge in [-0.25, -0.2) is 4.79 Å². The first-order valence-corrected chi connectivity index (χ1v) is 8.51. The van der Waals surface area contributed by atoms with E-state index in [1.807, 2.05) is 0 Å². The van der Waals surface area contributed by atoms with Crippen LogP contribution in [0.25, 0.3) is 0 Å². The van der Waals surface area contributed by atoms with Crippen molar-refractivity contribution in [2.45, 2.75) is 18.9 Å². The van der Waals surface area contributed by atoms with Crippen LogP contribution in [0.4, 0.5) is 0 Å². The molecule has 2 N–H and O–H groups in total. The molecule has 1 amide bonds. The first-order valence-electron chi connectivity index (χ1n) is 8.51. The van der Waals surface area contributed by atoms with Gasteiger partial charge in [-0.15, -0.1) is 0 Å². The zero-order valence-electron chi connectivity index (χ0n) is 15.2. The van der Waals surface area contributed by atoms with E-state index in [2.05, 4.69) is 5.32 Å². The summed E-state index contributed by atoms with van der Waals surface area (Å²) in [5.74, 6) is 0.196. The van der Waals surface area contributed by atoms with Crippen LogP contribution in [0.15, 0.2) is 36.4 Å². The van der Waals surface area contributed by atoms with Gasteiger partial charge in [0.15, 0.2) is 6.04 Å². The lowest BCUT2D eigenvalue weighted by molar-refractivity contribution is -0.142. The van der Waals surface area contributed by atoms with E-state index in [1.165, 1.54) is 14.2 Å². The third kappa shape index (κ3) is 3.97. The minimum Gasteiger partial charge on any atom is -0.496 e. The molecule has 0 fully saturated rings. The lowest BCUT2D eigenvalue weighted by atomic mass is 10.0. The third-order valence-electron chi connectivity index (χ3n) is 4.47. The molecule has 2 aromatic carbocycles. The first kappa shape index (κ1) is 18.6. The van der Waals surface area contributed by atoms with E-state index in [9.17, 15) is 14.7 Å². The molecule has 2 aromatic rings. The molecule has 7 nitrogen and oxygen atoms in total. The van der Waals surface area contributed by atoms with E-state index in [0.717, 1.165) is 17.7 Å². The predicted molar refractivity (Wildman–Crippen MR) is 97.4 cm³/mol. The Kier molecular flexibility index (Phi) is 5.49. The van der Waals surface area contributed by atoms with E-state index in [1.54, 1.807) is 36.4 Å². The molecule has 0 saturated carbocycles. The van der Waals surface area contributed by atoms with Crippen LogP contribution in [0.2, 0.25) is 0 Å². The molecule has 0 spiro atoms. The molecule has 1 heterocycles. The van der Waals surface area contributed by atoms with Crippen LogP contribution < -0.4 is 19.5 Å². The zero-order chi connectivity index (χ0) is 19.4. The normalized spacial score (nSPS) is 13.3.